The van der Waals surface area contributed by atoms with E-state index < -0.39 is 18.0 Å². The first-order valence-electron chi connectivity index (χ1n) is 9.82. The van der Waals surface area contributed by atoms with Gasteiger partial charge in [-0.2, -0.15) is 0 Å². The van der Waals surface area contributed by atoms with Gasteiger partial charge in [-0.25, -0.2) is 0 Å². The average molecular weight is 381 g/mol. The maximum absolute atomic E-state index is 12.8. The minimum atomic E-state index is -0.691. The Morgan fingerprint density at radius 2 is 1.56 bits per heavy atom. The second-order valence-electron chi connectivity index (χ2n) is 7.89. The zero-order valence-corrected chi connectivity index (χ0v) is 17.6. The summed E-state index contributed by atoms with van der Waals surface area (Å²) in [6.45, 7) is 11.3. The van der Waals surface area contributed by atoms with Gasteiger partial charge in [-0.3, -0.25) is 14.4 Å². The molecule has 6 nitrogen and oxygen atoms in total. The number of Topliss-reactive ketones (excluding diaryl/α,β-unsaturated/α-hetero) is 1. The van der Waals surface area contributed by atoms with E-state index in [1.807, 2.05) is 40.7 Å². The topological polar surface area (TPSA) is 92.3 Å². The van der Waals surface area contributed by atoms with Crippen molar-refractivity contribution < 1.29 is 19.2 Å². The van der Waals surface area contributed by atoms with Crippen LogP contribution in [0.25, 0.3) is 0 Å². The fourth-order valence-corrected chi connectivity index (χ4v) is 2.92. The van der Waals surface area contributed by atoms with Crippen molar-refractivity contribution in [3.05, 3.63) is 12.2 Å². The highest BCUT2D eigenvalue weighted by atomic mass is 16.2. The zero-order chi connectivity index (χ0) is 21.0. The predicted molar refractivity (Wildman–Crippen MR) is 107 cm³/mol. The summed E-state index contributed by atoms with van der Waals surface area (Å²) in [6.07, 6.45) is 6.03. The highest BCUT2D eigenvalue weighted by Crippen LogP contribution is 2.19. The SMILES string of the molecule is CCC=C[C@@H](C=O)NC(=O)[C@@H](CC(=O)[C@H](CC(C)C)NC(C)=O)CC(C)C. The fraction of sp³-hybridized carbons (Fsp3) is 0.714. The van der Waals surface area contributed by atoms with E-state index in [0.717, 1.165) is 6.42 Å². The van der Waals surface area contributed by atoms with Crippen molar-refractivity contribution in [2.75, 3.05) is 0 Å². The third kappa shape index (κ3) is 11.4. The molecule has 0 rings (SSSR count). The average Bonchev–Trinajstić information content (AvgIpc) is 2.55. The lowest BCUT2D eigenvalue weighted by molar-refractivity contribution is -0.132. The number of nitrogens with one attached hydrogen (secondary N) is 2. The van der Waals surface area contributed by atoms with Gasteiger partial charge in [0.25, 0.3) is 0 Å². The van der Waals surface area contributed by atoms with Gasteiger partial charge in [0.2, 0.25) is 11.8 Å². The van der Waals surface area contributed by atoms with E-state index in [9.17, 15) is 19.2 Å². The molecule has 27 heavy (non-hydrogen) atoms. The lowest BCUT2D eigenvalue weighted by atomic mass is 9.88. The molecule has 2 N–H and O–H groups in total. The van der Waals surface area contributed by atoms with Crippen LogP contribution in [0.2, 0.25) is 0 Å². The first-order chi connectivity index (χ1) is 12.6. The number of amides is 2. The summed E-state index contributed by atoms with van der Waals surface area (Å²) in [5.74, 6) is -0.781. The Hall–Kier alpha value is -1.98. The molecule has 0 aliphatic rings. The van der Waals surface area contributed by atoms with Crippen LogP contribution in [0, 0.1) is 17.8 Å². The van der Waals surface area contributed by atoms with E-state index in [4.69, 9.17) is 0 Å². The Bertz CT molecular complexity index is 526. The van der Waals surface area contributed by atoms with Crippen molar-refractivity contribution >= 4 is 23.9 Å². The van der Waals surface area contributed by atoms with E-state index in [1.165, 1.54) is 6.92 Å². The van der Waals surface area contributed by atoms with Gasteiger partial charge in [0, 0.05) is 19.3 Å². The Balaban J connectivity index is 5.22. The molecule has 0 aromatic heterocycles. The Morgan fingerprint density at radius 3 is 2.00 bits per heavy atom. The minimum Gasteiger partial charge on any atom is -0.347 e. The van der Waals surface area contributed by atoms with Crippen molar-refractivity contribution in [1.82, 2.24) is 10.6 Å². The molecular formula is C21H36N2O4. The van der Waals surface area contributed by atoms with Gasteiger partial charge in [0.1, 0.15) is 12.3 Å². The molecule has 0 saturated carbocycles. The third-order valence-corrected chi connectivity index (χ3v) is 4.08. The number of allylic oxidation sites excluding steroid dienone is 1. The van der Waals surface area contributed by atoms with Crippen LogP contribution in [0.5, 0.6) is 0 Å². The number of hydrogen-bond acceptors (Lipinski definition) is 4. The molecule has 154 valence electrons. The number of aldehydes is 1. The summed E-state index contributed by atoms with van der Waals surface area (Å²) in [4.78, 5) is 48.0. The lowest BCUT2D eigenvalue weighted by Gasteiger charge is -2.23. The molecule has 0 aromatic rings. The standard InChI is InChI=1S/C21H36N2O4/c1-7-8-9-18(13-24)23-21(27)17(10-14(2)3)12-20(26)19(11-15(4)5)22-16(6)25/h8-9,13-15,17-19H,7,10-12H2,1-6H3,(H,22,25)(H,23,27)/t17-,18+,19+/m1/s1. The molecule has 0 aliphatic heterocycles. The summed E-state index contributed by atoms with van der Waals surface area (Å²) in [7, 11) is 0. The number of carbonyl (C=O) groups is 4. The summed E-state index contributed by atoms with van der Waals surface area (Å²) < 4.78 is 0. The monoisotopic (exact) mass is 380 g/mol. The molecule has 0 heterocycles. The van der Waals surface area contributed by atoms with E-state index in [0.29, 0.717) is 19.1 Å². The van der Waals surface area contributed by atoms with E-state index in [2.05, 4.69) is 10.6 Å². The number of ketones is 1. The zero-order valence-electron chi connectivity index (χ0n) is 17.6. The minimum absolute atomic E-state index is 0.0464. The summed E-state index contributed by atoms with van der Waals surface area (Å²) in [5.41, 5.74) is 0. The predicted octanol–water partition coefficient (Wildman–Crippen LogP) is 2.81. The van der Waals surface area contributed by atoms with Crippen molar-refractivity contribution in [3.63, 3.8) is 0 Å². The Morgan fingerprint density at radius 1 is 0.963 bits per heavy atom. The van der Waals surface area contributed by atoms with Crippen molar-refractivity contribution in [2.24, 2.45) is 17.8 Å². The molecule has 0 saturated heterocycles. The van der Waals surface area contributed by atoms with Crippen LogP contribution < -0.4 is 10.6 Å². The molecule has 0 unspecified atom stereocenters. The highest BCUT2D eigenvalue weighted by molar-refractivity contribution is 5.92. The van der Waals surface area contributed by atoms with Crippen molar-refractivity contribution in [2.45, 2.75) is 79.3 Å². The van der Waals surface area contributed by atoms with Gasteiger partial charge in [0.05, 0.1) is 6.04 Å². The van der Waals surface area contributed by atoms with Crippen LogP contribution >= 0.6 is 0 Å². The third-order valence-electron chi connectivity index (χ3n) is 4.08. The quantitative estimate of drug-likeness (QED) is 0.380. The van der Waals surface area contributed by atoms with Crippen LogP contribution in [0.1, 0.15) is 67.2 Å². The lowest BCUT2D eigenvalue weighted by Crippen LogP contribution is -2.44. The van der Waals surface area contributed by atoms with E-state index in [-0.39, 0.29) is 35.9 Å². The second-order valence-corrected chi connectivity index (χ2v) is 7.89. The molecule has 2 amide bonds. The molecule has 0 radical (unpaired) electrons. The number of carbonyl (C=O) groups excluding carboxylic acids is 4. The van der Waals surface area contributed by atoms with Gasteiger partial charge in [-0.15, -0.1) is 0 Å². The molecule has 0 aliphatic carbocycles. The van der Waals surface area contributed by atoms with E-state index >= 15 is 0 Å². The summed E-state index contributed by atoms with van der Waals surface area (Å²) >= 11 is 0. The van der Waals surface area contributed by atoms with Crippen LogP contribution in [-0.4, -0.2) is 36.0 Å². The maximum atomic E-state index is 12.8. The number of rotatable bonds is 13. The number of hydrogen-bond donors (Lipinski definition) is 2. The summed E-state index contributed by atoms with van der Waals surface area (Å²) in [5, 5.41) is 5.40. The Kier molecular flexibility index (Phi) is 12.3. The molecular weight excluding hydrogens is 344 g/mol. The first-order valence-corrected chi connectivity index (χ1v) is 9.82. The van der Waals surface area contributed by atoms with Crippen molar-refractivity contribution in [1.29, 1.82) is 0 Å². The van der Waals surface area contributed by atoms with Gasteiger partial charge >= 0.3 is 0 Å². The maximum Gasteiger partial charge on any atom is 0.224 e. The van der Waals surface area contributed by atoms with Gasteiger partial charge in [0.15, 0.2) is 5.78 Å². The molecule has 0 fully saturated rings. The molecule has 3 atom stereocenters. The van der Waals surface area contributed by atoms with Crippen LogP contribution in [0.15, 0.2) is 12.2 Å². The van der Waals surface area contributed by atoms with Crippen LogP contribution in [-0.2, 0) is 19.2 Å². The van der Waals surface area contributed by atoms with Gasteiger partial charge in [-0.05, 0) is 31.1 Å². The molecule has 0 spiro atoms. The first kappa shape index (κ1) is 25.0. The Labute approximate surface area is 163 Å². The highest BCUT2D eigenvalue weighted by Gasteiger charge is 2.28. The summed E-state index contributed by atoms with van der Waals surface area (Å²) in [6, 6.07) is -1.28. The fourth-order valence-electron chi connectivity index (χ4n) is 2.92. The largest absolute Gasteiger partial charge is 0.347 e. The van der Waals surface area contributed by atoms with Crippen molar-refractivity contribution in [3.8, 4) is 0 Å². The normalized spacial score (nSPS) is 14.8. The second kappa shape index (κ2) is 13.2. The molecule has 0 aromatic carbocycles. The van der Waals surface area contributed by atoms with Crippen LogP contribution in [0.4, 0.5) is 0 Å². The van der Waals surface area contributed by atoms with Crippen LogP contribution in [0.3, 0.4) is 0 Å². The van der Waals surface area contributed by atoms with Gasteiger partial charge in [-0.1, -0.05) is 46.8 Å². The van der Waals surface area contributed by atoms with Gasteiger partial charge < -0.3 is 15.4 Å². The smallest absolute Gasteiger partial charge is 0.224 e. The molecule has 6 heteroatoms. The molecule has 0 bridgehead atoms. The van der Waals surface area contributed by atoms with E-state index in [1.54, 1.807) is 6.08 Å².